The Labute approximate surface area is 203 Å². The van der Waals surface area contributed by atoms with Crippen LogP contribution in [0.15, 0.2) is 72.9 Å². The van der Waals surface area contributed by atoms with Crippen LogP contribution < -0.4 is 9.47 Å². The van der Waals surface area contributed by atoms with Crippen LogP contribution in [0.5, 0.6) is 11.6 Å². The molecule has 8 nitrogen and oxygen atoms in total. The van der Waals surface area contributed by atoms with Crippen LogP contribution in [0.3, 0.4) is 0 Å². The molecule has 0 spiro atoms. The molecule has 0 aliphatic heterocycles. The van der Waals surface area contributed by atoms with Crippen LogP contribution in [0.4, 0.5) is 0 Å². The summed E-state index contributed by atoms with van der Waals surface area (Å²) >= 11 is 0. The third kappa shape index (κ3) is 4.72. The first-order chi connectivity index (χ1) is 17.1. The molecule has 0 unspecified atom stereocenters. The van der Waals surface area contributed by atoms with Crippen LogP contribution >= 0.6 is 0 Å². The van der Waals surface area contributed by atoms with E-state index in [1.54, 1.807) is 13.3 Å². The van der Waals surface area contributed by atoms with Gasteiger partial charge in [-0.15, -0.1) is 10.2 Å². The highest BCUT2D eigenvalue weighted by Gasteiger charge is 2.14. The third-order valence-electron chi connectivity index (χ3n) is 5.70. The number of aryl methyl sites for hydroxylation is 2. The van der Waals surface area contributed by atoms with Crippen molar-refractivity contribution in [2.75, 3.05) is 7.11 Å². The Balaban J connectivity index is 1.39. The molecule has 8 heteroatoms. The quantitative estimate of drug-likeness (QED) is 0.354. The van der Waals surface area contributed by atoms with E-state index >= 15 is 0 Å². The summed E-state index contributed by atoms with van der Waals surface area (Å²) in [6.07, 6.45) is 1.78. The zero-order chi connectivity index (χ0) is 24.2. The summed E-state index contributed by atoms with van der Waals surface area (Å²) in [6.45, 7) is 4.37. The molecular weight excluding hydrogens is 440 g/mol. The topological polar surface area (TPSA) is 98.7 Å². The van der Waals surface area contributed by atoms with Crippen molar-refractivity contribution in [2.24, 2.45) is 0 Å². The van der Waals surface area contributed by atoms with E-state index in [1.165, 1.54) is 0 Å². The second-order valence-corrected chi connectivity index (χ2v) is 8.08. The molecule has 5 rings (SSSR count). The molecule has 0 atom stereocenters. The maximum atomic E-state index is 6.29. The number of hydrogen-bond donors (Lipinski definition) is 1. The van der Waals surface area contributed by atoms with Crippen molar-refractivity contribution in [2.45, 2.75) is 20.5 Å². The summed E-state index contributed by atoms with van der Waals surface area (Å²) in [4.78, 5) is 8.97. The minimum absolute atomic E-state index is 0.423. The maximum absolute atomic E-state index is 6.29. The first-order valence-electron chi connectivity index (χ1n) is 11.2. The average molecular weight is 465 g/mol. The van der Waals surface area contributed by atoms with Crippen molar-refractivity contribution in [1.82, 2.24) is 30.6 Å². The molecule has 3 heterocycles. The molecule has 0 saturated heterocycles. The van der Waals surface area contributed by atoms with Gasteiger partial charge in [-0.25, -0.2) is 4.98 Å². The lowest BCUT2D eigenvalue weighted by Crippen LogP contribution is -2.01. The van der Waals surface area contributed by atoms with Crippen LogP contribution in [-0.2, 0) is 6.61 Å². The normalized spacial score (nSPS) is 10.8. The van der Waals surface area contributed by atoms with Gasteiger partial charge in [0.25, 0.3) is 0 Å². The Kier molecular flexibility index (Phi) is 6.17. The van der Waals surface area contributed by atoms with Crippen molar-refractivity contribution in [3.05, 3.63) is 89.9 Å². The van der Waals surface area contributed by atoms with Crippen molar-refractivity contribution < 1.29 is 9.47 Å². The number of tetrazole rings is 1. The van der Waals surface area contributed by atoms with E-state index in [2.05, 4.69) is 60.9 Å². The predicted octanol–water partition coefficient (Wildman–Crippen LogP) is 5.20. The number of methoxy groups -OCH3 is 1. The highest BCUT2D eigenvalue weighted by Crippen LogP contribution is 2.34. The molecule has 2 aromatic carbocycles. The number of pyridine rings is 2. The SMILES string of the molecule is COc1ccc(-c2c(OCc3ccc(-c4ccccc4-c4nn[nH]n4)cc3)cc(C)nc2C)cn1. The lowest BCUT2D eigenvalue weighted by atomic mass is 9.98. The fourth-order valence-corrected chi connectivity index (χ4v) is 4.05. The van der Waals surface area contributed by atoms with Crippen LogP contribution in [0.2, 0.25) is 0 Å². The molecule has 35 heavy (non-hydrogen) atoms. The van der Waals surface area contributed by atoms with E-state index in [-0.39, 0.29) is 0 Å². The lowest BCUT2D eigenvalue weighted by molar-refractivity contribution is 0.306. The molecule has 1 N–H and O–H groups in total. The summed E-state index contributed by atoms with van der Waals surface area (Å²) in [7, 11) is 1.60. The highest BCUT2D eigenvalue weighted by atomic mass is 16.5. The number of nitrogens with one attached hydrogen (secondary N) is 1. The van der Waals surface area contributed by atoms with Crippen molar-refractivity contribution in [1.29, 1.82) is 0 Å². The Morgan fingerprint density at radius 1 is 0.886 bits per heavy atom. The second kappa shape index (κ2) is 9.72. The summed E-state index contributed by atoms with van der Waals surface area (Å²) in [5.41, 5.74) is 7.72. The fraction of sp³-hybridized carbons (Fsp3) is 0.148. The highest BCUT2D eigenvalue weighted by molar-refractivity contribution is 5.80. The van der Waals surface area contributed by atoms with Gasteiger partial charge in [0.05, 0.1) is 7.11 Å². The largest absolute Gasteiger partial charge is 0.488 e. The Hall–Kier alpha value is -4.59. The van der Waals surface area contributed by atoms with Gasteiger partial charge >= 0.3 is 0 Å². The molecule has 0 fully saturated rings. The van der Waals surface area contributed by atoms with Gasteiger partial charge in [0.2, 0.25) is 11.7 Å². The number of aromatic nitrogens is 6. The average Bonchev–Trinajstić information content (AvgIpc) is 3.43. The van der Waals surface area contributed by atoms with Crippen LogP contribution in [0.25, 0.3) is 33.6 Å². The van der Waals surface area contributed by atoms with E-state index in [0.717, 1.165) is 50.5 Å². The van der Waals surface area contributed by atoms with Crippen molar-refractivity contribution >= 4 is 0 Å². The summed E-state index contributed by atoms with van der Waals surface area (Å²) in [5, 5.41) is 14.5. The number of ether oxygens (including phenoxy) is 2. The van der Waals surface area contributed by atoms with Gasteiger partial charge in [-0.05, 0) is 41.8 Å². The van der Waals surface area contributed by atoms with E-state index < -0.39 is 0 Å². The summed E-state index contributed by atoms with van der Waals surface area (Å²) in [6, 6.07) is 22.1. The first kappa shape index (κ1) is 22.2. The smallest absolute Gasteiger partial charge is 0.212 e. The van der Waals surface area contributed by atoms with E-state index in [4.69, 9.17) is 9.47 Å². The summed E-state index contributed by atoms with van der Waals surface area (Å²) < 4.78 is 11.5. The molecular formula is C27H24N6O2. The lowest BCUT2D eigenvalue weighted by Gasteiger charge is -2.15. The molecule has 0 saturated carbocycles. The molecule has 5 aromatic rings. The summed E-state index contributed by atoms with van der Waals surface area (Å²) in [5.74, 6) is 1.90. The Morgan fingerprint density at radius 2 is 1.66 bits per heavy atom. The van der Waals surface area contributed by atoms with Crippen LogP contribution in [0, 0.1) is 13.8 Å². The fourth-order valence-electron chi connectivity index (χ4n) is 4.05. The van der Waals surface area contributed by atoms with Gasteiger partial charge in [0.1, 0.15) is 12.4 Å². The molecule has 174 valence electrons. The number of aromatic amines is 1. The predicted molar refractivity (Wildman–Crippen MR) is 133 cm³/mol. The monoisotopic (exact) mass is 464 g/mol. The Bertz CT molecular complexity index is 1430. The first-order valence-corrected chi connectivity index (χ1v) is 11.2. The number of H-pyrrole nitrogens is 1. The molecule has 0 radical (unpaired) electrons. The zero-order valence-electron chi connectivity index (χ0n) is 19.7. The Morgan fingerprint density at radius 3 is 2.34 bits per heavy atom. The van der Waals surface area contributed by atoms with Crippen LogP contribution in [0.1, 0.15) is 17.0 Å². The van der Waals surface area contributed by atoms with Crippen LogP contribution in [-0.4, -0.2) is 37.7 Å². The van der Waals surface area contributed by atoms with Gasteiger partial charge in [0.15, 0.2) is 0 Å². The molecule has 0 bridgehead atoms. The van der Waals surface area contributed by atoms with E-state index in [1.807, 2.05) is 50.2 Å². The van der Waals surface area contributed by atoms with Gasteiger partial charge in [0, 0.05) is 46.4 Å². The third-order valence-corrected chi connectivity index (χ3v) is 5.70. The minimum Gasteiger partial charge on any atom is -0.488 e. The van der Waals surface area contributed by atoms with Gasteiger partial charge < -0.3 is 9.47 Å². The second-order valence-electron chi connectivity index (χ2n) is 8.08. The molecule has 3 aromatic heterocycles. The number of benzene rings is 2. The van der Waals surface area contributed by atoms with E-state index in [9.17, 15) is 0 Å². The number of rotatable bonds is 7. The zero-order valence-corrected chi connectivity index (χ0v) is 19.7. The van der Waals surface area contributed by atoms with Gasteiger partial charge in [-0.1, -0.05) is 48.5 Å². The van der Waals surface area contributed by atoms with Crippen molar-refractivity contribution in [3.63, 3.8) is 0 Å². The van der Waals surface area contributed by atoms with E-state index in [0.29, 0.717) is 18.3 Å². The molecule has 0 amide bonds. The standard InChI is InChI=1S/C27H24N6O2/c1-17-14-24(26(18(2)29-17)21-12-13-25(34-3)28-15-21)35-16-19-8-10-20(11-9-19)22-6-4-5-7-23(22)27-30-32-33-31-27/h4-15H,16H2,1-3H3,(H,30,31,32,33). The van der Waals surface area contributed by atoms with Gasteiger partial charge in [-0.3, -0.25) is 4.98 Å². The maximum Gasteiger partial charge on any atom is 0.212 e. The van der Waals surface area contributed by atoms with Gasteiger partial charge in [-0.2, -0.15) is 5.21 Å². The molecule has 0 aliphatic rings. The van der Waals surface area contributed by atoms with Crippen molar-refractivity contribution in [3.8, 4) is 45.3 Å². The number of nitrogens with zero attached hydrogens (tertiary/aromatic N) is 5. The molecule has 0 aliphatic carbocycles. The minimum atomic E-state index is 0.423. The number of hydrogen-bond acceptors (Lipinski definition) is 7.